The van der Waals surface area contributed by atoms with E-state index in [1.165, 1.54) is 6.07 Å². The third-order valence-corrected chi connectivity index (χ3v) is 8.45. The first kappa shape index (κ1) is 20.5. The second-order valence-electron chi connectivity index (χ2n) is 8.11. The van der Waals surface area contributed by atoms with E-state index in [0.717, 1.165) is 35.3 Å². The highest BCUT2D eigenvalue weighted by Crippen LogP contribution is 2.41. The Kier molecular flexibility index (Phi) is 5.05. The van der Waals surface area contributed by atoms with Gasteiger partial charge in [0.2, 0.25) is 0 Å². The minimum absolute atomic E-state index is 0.125. The quantitative estimate of drug-likeness (QED) is 0.675. The number of carbonyl (C=O) groups excluding carboxylic acids is 1. The van der Waals surface area contributed by atoms with Gasteiger partial charge in [0.05, 0.1) is 5.60 Å². The first-order valence-electron chi connectivity index (χ1n) is 9.60. The van der Waals surface area contributed by atoms with Crippen molar-refractivity contribution in [1.29, 1.82) is 0 Å². The van der Waals surface area contributed by atoms with E-state index >= 15 is 0 Å². The van der Waals surface area contributed by atoms with E-state index in [1.807, 2.05) is 0 Å². The number of rotatable bonds is 3. The molecule has 1 unspecified atom stereocenters. The molecule has 2 aliphatic rings. The molecule has 29 heavy (non-hydrogen) atoms. The molecule has 0 fully saturated rings. The lowest BCUT2D eigenvalue weighted by Crippen LogP contribution is -2.19. The molecule has 0 spiro atoms. The molecule has 0 radical (unpaired) electrons. The van der Waals surface area contributed by atoms with Crippen molar-refractivity contribution in [2.45, 2.75) is 62.2 Å². The maximum absolute atomic E-state index is 14.8. The molecule has 9 heteroatoms. The van der Waals surface area contributed by atoms with Crippen LogP contribution in [0.3, 0.4) is 0 Å². The number of hydrogen-bond acceptors (Lipinski definition) is 4. The maximum atomic E-state index is 14.8. The van der Waals surface area contributed by atoms with Gasteiger partial charge in [-0.1, -0.05) is 0 Å². The van der Waals surface area contributed by atoms with E-state index in [-0.39, 0.29) is 10.0 Å². The molecule has 1 aromatic heterocycles. The number of anilines is 1. The Hall–Kier alpha value is -1.81. The molecule has 2 aliphatic carbocycles. The zero-order valence-electron chi connectivity index (χ0n) is 16.4. The Bertz CT molecular complexity index is 1090. The predicted molar refractivity (Wildman–Crippen MR) is 112 cm³/mol. The van der Waals surface area contributed by atoms with Crippen LogP contribution in [0.5, 0.6) is 0 Å². The number of fused-ring (bicyclic) bond motifs is 2. The molecule has 6 nitrogen and oxygen atoms in total. The lowest BCUT2D eigenvalue weighted by atomic mass is 9.98. The minimum atomic E-state index is -3.46. The molecule has 1 aromatic carbocycles. The van der Waals surface area contributed by atoms with Crippen molar-refractivity contribution in [3.8, 4) is 0 Å². The highest BCUT2D eigenvalue weighted by Gasteiger charge is 2.30. The number of urea groups is 1. The highest BCUT2D eigenvalue weighted by atomic mass is 32.2. The largest absolute Gasteiger partial charge is 0.386 e. The molecule has 4 rings (SSSR count). The van der Waals surface area contributed by atoms with Gasteiger partial charge >= 0.3 is 6.03 Å². The number of thiophene rings is 1. The molecule has 0 saturated heterocycles. The van der Waals surface area contributed by atoms with Crippen molar-refractivity contribution in [2.24, 2.45) is 9.50 Å². The number of aliphatic hydroxyl groups is 1. The standard InChI is InChI=1S/C20H24FN3O3S2/c1-20(2,26)11-9-16(28-10-11)29(22,27)24-19(25)23-18-14-7-3-5-12(14)17(21)13-6-4-8-15(13)18/h9-10,26H,3-8H2,1-2H3,(H3,22,23,24,25,27). The van der Waals surface area contributed by atoms with E-state index in [2.05, 4.69) is 9.68 Å². The van der Waals surface area contributed by atoms with Gasteiger partial charge in [-0.25, -0.2) is 18.5 Å². The van der Waals surface area contributed by atoms with Crippen LogP contribution in [0.1, 0.15) is 54.5 Å². The zero-order valence-corrected chi connectivity index (χ0v) is 18.0. The van der Waals surface area contributed by atoms with Crippen molar-refractivity contribution in [3.63, 3.8) is 0 Å². The summed E-state index contributed by atoms with van der Waals surface area (Å²) in [6.45, 7) is 3.22. The molecular formula is C20H24FN3O3S2. The monoisotopic (exact) mass is 437 g/mol. The second kappa shape index (κ2) is 7.16. The molecule has 0 aliphatic heterocycles. The summed E-state index contributed by atoms with van der Waals surface area (Å²) in [6, 6.07) is 0.711. The van der Waals surface area contributed by atoms with Gasteiger partial charge in [0, 0.05) is 5.69 Å². The Labute approximate surface area is 173 Å². The Morgan fingerprint density at radius 1 is 1.21 bits per heavy atom. The van der Waals surface area contributed by atoms with Crippen LogP contribution in [0.2, 0.25) is 0 Å². The minimum Gasteiger partial charge on any atom is -0.386 e. The van der Waals surface area contributed by atoms with Crippen molar-refractivity contribution in [2.75, 3.05) is 5.32 Å². The summed E-state index contributed by atoms with van der Waals surface area (Å²) in [5.41, 5.74) is 3.09. The van der Waals surface area contributed by atoms with Gasteiger partial charge in [-0.15, -0.1) is 15.7 Å². The lowest BCUT2D eigenvalue weighted by molar-refractivity contribution is 0.0789. The van der Waals surface area contributed by atoms with Gasteiger partial charge < -0.3 is 10.4 Å². The summed E-state index contributed by atoms with van der Waals surface area (Å²) in [6.07, 6.45) is 4.42. The van der Waals surface area contributed by atoms with Gasteiger partial charge in [0.25, 0.3) is 0 Å². The van der Waals surface area contributed by atoms with Crippen LogP contribution in [0.4, 0.5) is 14.9 Å². The number of nitrogens with two attached hydrogens (primary N) is 1. The second-order valence-corrected chi connectivity index (χ2v) is 11.0. The molecule has 4 N–H and O–H groups in total. The summed E-state index contributed by atoms with van der Waals surface area (Å²) < 4.78 is 31.6. The lowest BCUT2D eigenvalue weighted by Gasteiger charge is -2.16. The number of halogens is 1. The van der Waals surface area contributed by atoms with Gasteiger partial charge in [-0.05, 0) is 91.6 Å². The smallest absolute Gasteiger partial charge is 0.354 e. The number of hydrogen-bond donors (Lipinski definition) is 3. The molecule has 0 saturated carbocycles. The number of carbonyl (C=O) groups is 1. The maximum Gasteiger partial charge on any atom is 0.354 e. The number of nitrogens with one attached hydrogen (secondary N) is 1. The molecule has 2 amide bonds. The molecule has 156 valence electrons. The molecule has 0 bridgehead atoms. The van der Waals surface area contributed by atoms with Crippen molar-refractivity contribution in [1.82, 2.24) is 0 Å². The van der Waals surface area contributed by atoms with Crippen molar-refractivity contribution in [3.05, 3.63) is 45.1 Å². The zero-order chi connectivity index (χ0) is 21.0. The van der Waals surface area contributed by atoms with Crippen LogP contribution in [-0.4, -0.2) is 15.3 Å². The van der Waals surface area contributed by atoms with E-state index in [9.17, 15) is 18.5 Å². The summed E-state index contributed by atoms with van der Waals surface area (Å²) >= 11 is 1.09. The van der Waals surface area contributed by atoms with Crippen LogP contribution < -0.4 is 10.5 Å². The van der Waals surface area contributed by atoms with Gasteiger partial charge in [-0.3, -0.25) is 0 Å². The van der Waals surface area contributed by atoms with Crippen molar-refractivity contribution < 1.29 is 18.5 Å². The molecule has 2 aromatic rings. The average molecular weight is 438 g/mol. The summed E-state index contributed by atoms with van der Waals surface area (Å²) in [7, 11) is -3.46. The van der Waals surface area contributed by atoms with Crippen LogP contribution in [-0.2, 0) is 41.2 Å². The third kappa shape index (κ3) is 3.72. The van der Waals surface area contributed by atoms with Crippen LogP contribution in [0.25, 0.3) is 0 Å². The third-order valence-electron chi connectivity index (χ3n) is 5.59. The van der Waals surface area contributed by atoms with E-state index < -0.39 is 21.5 Å². The average Bonchev–Trinajstić information content (AvgIpc) is 3.37. The number of benzene rings is 1. The van der Waals surface area contributed by atoms with E-state index in [1.54, 1.807) is 19.2 Å². The number of amides is 2. The summed E-state index contributed by atoms with van der Waals surface area (Å²) in [4.78, 5) is 12.6. The predicted octanol–water partition coefficient (Wildman–Crippen LogP) is 4.02. The summed E-state index contributed by atoms with van der Waals surface area (Å²) in [5.74, 6) is -0.125. The van der Waals surface area contributed by atoms with E-state index in [0.29, 0.717) is 48.1 Å². The first-order chi connectivity index (χ1) is 13.6. The first-order valence-corrected chi connectivity index (χ1v) is 12.1. The fourth-order valence-electron chi connectivity index (χ4n) is 4.13. The van der Waals surface area contributed by atoms with E-state index in [4.69, 9.17) is 5.14 Å². The van der Waals surface area contributed by atoms with Gasteiger partial charge in [0.15, 0.2) is 9.92 Å². The fraction of sp³-hybridized carbons (Fsp3) is 0.450. The van der Waals surface area contributed by atoms with Gasteiger partial charge in [0.1, 0.15) is 10.0 Å². The van der Waals surface area contributed by atoms with Gasteiger partial charge in [-0.2, -0.15) is 0 Å². The Balaban J connectivity index is 1.67. The molecule has 1 heterocycles. The normalized spacial score (nSPS) is 17.6. The highest BCUT2D eigenvalue weighted by molar-refractivity contribution is 7.93. The topological polar surface area (TPSA) is 105 Å². The van der Waals surface area contributed by atoms with Crippen LogP contribution in [0, 0.1) is 5.82 Å². The fourth-order valence-corrected chi connectivity index (χ4v) is 6.41. The number of nitrogens with zero attached hydrogens (tertiary/aromatic N) is 1. The summed E-state index contributed by atoms with van der Waals surface area (Å²) in [5, 5.41) is 20.4. The molecular weight excluding hydrogens is 413 g/mol. The van der Waals surface area contributed by atoms with Crippen molar-refractivity contribution >= 4 is 33.0 Å². The Morgan fingerprint density at radius 2 is 1.76 bits per heavy atom. The van der Waals surface area contributed by atoms with Crippen LogP contribution in [0.15, 0.2) is 20.0 Å². The van der Waals surface area contributed by atoms with Crippen LogP contribution >= 0.6 is 11.3 Å². The Morgan fingerprint density at radius 3 is 2.28 bits per heavy atom. The molecule has 1 atom stereocenters. The SMILES string of the molecule is CC(C)(O)c1csc(S(N)(=O)=NC(=O)Nc2c3c(c(F)c4c2CCC4)CCC3)c1.